The number of hydrogen-bond acceptors (Lipinski definition) is 3. The number of hydrogen-bond donors (Lipinski definition) is 1. The molecular weight excluding hydrogens is 250 g/mol. The van der Waals surface area contributed by atoms with Crippen LogP contribution in [0.4, 0.5) is 8.78 Å². The quantitative estimate of drug-likeness (QED) is 0.905. The van der Waals surface area contributed by atoms with Crippen molar-refractivity contribution in [3.63, 3.8) is 0 Å². The highest BCUT2D eigenvalue weighted by molar-refractivity contribution is 5.24. The minimum atomic E-state index is -0.525. The summed E-state index contributed by atoms with van der Waals surface area (Å²) in [5.41, 5.74) is 0.0737. The molecule has 2 rings (SSSR count). The third-order valence-corrected chi connectivity index (χ3v) is 3.40. The van der Waals surface area contributed by atoms with Gasteiger partial charge in [0, 0.05) is 18.7 Å². The third-order valence-electron chi connectivity index (χ3n) is 3.40. The largest absolute Gasteiger partial charge is 0.374 e. The predicted octanol–water partition coefficient (Wildman–Crippen LogP) is 1.95. The van der Waals surface area contributed by atoms with E-state index >= 15 is 0 Å². The molecule has 0 bridgehead atoms. The first kappa shape index (κ1) is 14.4. The molecule has 2 unspecified atom stereocenters. The van der Waals surface area contributed by atoms with E-state index in [4.69, 9.17) is 4.74 Å². The zero-order chi connectivity index (χ0) is 13.8. The Morgan fingerprint density at radius 1 is 1.42 bits per heavy atom. The van der Waals surface area contributed by atoms with Crippen molar-refractivity contribution in [2.24, 2.45) is 0 Å². The molecule has 1 aliphatic rings. The fourth-order valence-electron chi connectivity index (χ4n) is 2.46. The highest BCUT2D eigenvalue weighted by Crippen LogP contribution is 2.26. The number of nitrogens with one attached hydrogen (secondary N) is 1. The maximum atomic E-state index is 13.9. The summed E-state index contributed by atoms with van der Waals surface area (Å²) in [6, 6.07) is 3.49. The van der Waals surface area contributed by atoms with Gasteiger partial charge < -0.3 is 15.0 Å². The molecule has 0 radical (unpaired) electrons. The van der Waals surface area contributed by atoms with Crippen molar-refractivity contribution in [2.75, 3.05) is 33.3 Å². The van der Waals surface area contributed by atoms with Crippen LogP contribution < -0.4 is 5.32 Å². The zero-order valence-corrected chi connectivity index (χ0v) is 11.3. The molecule has 1 aromatic carbocycles. The van der Waals surface area contributed by atoms with Crippen molar-refractivity contribution in [1.82, 2.24) is 10.2 Å². The van der Waals surface area contributed by atoms with Crippen LogP contribution in [-0.4, -0.2) is 44.3 Å². The standard InChI is InChI=1S/C14H20F2N2O/c1-3-17-14(12-9-18(2)7-8-19-12)13-10(15)5-4-6-11(13)16/h4-6,12,14,17H,3,7-9H2,1-2H3. The van der Waals surface area contributed by atoms with Crippen molar-refractivity contribution in [2.45, 2.75) is 19.1 Å². The van der Waals surface area contributed by atoms with Gasteiger partial charge in [0.05, 0.1) is 18.8 Å². The molecule has 3 nitrogen and oxygen atoms in total. The number of rotatable bonds is 4. The highest BCUT2D eigenvalue weighted by atomic mass is 19.1. The van der Waals surface area contributed by atoms with E-state index in [1.165, 1.54) is 18.2 Å². The topological polar surface area (TPSA) is 24.5 Å². The van der Waals surface area contributed by atoms with Gasteiger partial charge in [0.2, 0.25) is 0 Å². The molecule has 2 atom stereocenters. The highest BCUT2D eigenvalue weighted by Gasteiger charge is 2.31. The summed E-state index contributed by atoms with van der Waals surface area (Å²) in [7, 11) is 1.98. The van der Waals surface area contributed by atoms with Gasteiger partial charge >= 0.3 is 0 Å². The van der Waals surface area contributed by atoms with Gasteiger partial charge in [-0.2, -0.15) is 0 Å². The van der Waals surface area contributed by atoms with Crippen molar-refractivity contribution in [3.8, 4) is 0 Å². The summed E-state index contributed by atoms with van der Waals surface area (Å²) < 4.78 is 33.5. The average molecular weight is 270 g/mol. The van der Waals surface area contributed by atoms with E-state index in [1.54, 1.807) is 0 Å². The number of likely N-dealkylation sites (N-methyl/N-ethyl adjacent to an activating group) is 2. The molecule has 0 aromatic heterocycles. The zero-order valence-electron chi connectivity index (χ0n) is 11.3. The van der Waals surface area contributed by atoms with E-state index in [2.05, 4.69) is 10.2 Å². The van der Waals surface area contributed by atoms with Gasteiger partial charge in [-0.25, -0.2) is 8.78 Å². The Kier molecular flexibility index (Phi) is 4.85. The van der Waals surface area contributed by atoms with Gasteiger partial charge in [-0.3, -0.25) is 0 Å². The van der Waals surface area contributed by atoms with Crippen LogP contribution in [0.3, 0.4) is 0 Å². The molecule has 1 fully saturated rings. The SMILES string of the molecule is CCNC(c1c(F)cccc1F)C1CN(C)CCO1. The van der Waals surface area contributed by atoms with Gasteiger partial charge in [-0.05, 0) is 25.7 Å². The fraction of sp³-hybridized carbons (Fsp3) is 0.571. The molecule has 1 heterocycles. The maximum Gasteiger partial charge on any atom is 0.131 e. The minimum absolute atomic E-state index is 0.0737. The van der Waals surface area contributed by atoms with Crippen LogP contribution >= 0.6 is 0 Å². The number of ether oxygens (including phenoxy) is 1. The molecule has 1 saturated heterocycles. The second-order valence-corrected chi connectivity index (χ2v) is 4.84. The lowest BCUT2D eigenvalue weighted by Crippen LogP contribution is -2.47. The Hall–Kier alpha value is -1.04. The monoisotopic (exact) mass is 270 g/mol. The Morgan fingerprint density at radius 3 is 2.68 bits per heavy atom. The second-order valence-electron chi connectivity index (χ2n) is 4.84. The molecular formula is C14H20F2N2O. The third kappa shape index (κ3) is 3.29. The first-order valence-corrected chi connectivity index (χ1v) is 6.61. The van der Waals surface area contributed by atoms with Crippen molar-refractivity contribution in [1.29, 1.82) is 0 Å². The Labute approximate surface area is 112 Å². The fourth-order valence-corrected chi connectivity index (χ4v) is 2.46. The van der Waals surface area contributed by atoms with Gasteiger partial charge in [0.1, 0.15) is 11.6 Å². The molecule has 5 heteroatoms. The van der Waals surface area contributed by atoms with E-state index in [1.807, 2.05) is 14.0 Å². The maximum absolute atomic E-state index is 13.9. The molecule has 0 amide bonds. The lowest BCUT2D eigenvalue weighted by molar-refractivity contribution is -0.0401. The number of halogens is 2. The smallest absolute Gasteiger partial charge is 0.131 e. The summed E-state index contributed by atoms with van der Waals surface area (Å²) in [5.74, 6) is -1.05. The Morgan fingerprint density at radius 2 is 2.11 bits per heavy atom. The molecule has 1 aliphatic heterocycles. The van der Waals surface area contributed by atoms with Crippen molar-refractivity contribution >= 4 is 0 Å². The first-order valence-electron chi connectivity index (χ1n) is 6.61. The molecule has 1 aromatic rings. The first-order chi connectivity index (χ1) is 9.13. The summed E-state index contributed by atoms with van der Waals surface area (Å²) in [6.07, 6.45) is -0.245. The summed E-state index contributed by atoms with van der Waals surface area (Å²) in [4.78, 5) is 2.11. The van der Waals surface area contributed by atoms with Crippen molar-refractivity contribution in [3.05, 3.63) is 35.4 Å². The van der Waals surface area contributed by atoms with Crippen LogP contribution in [0.2, 0.25) is 0 Å². The molecule has 19 heavy (non-hydrogen) atoms. The Balaban J connectivity index is 2.28. The summed E-state index contributed by atoms with van der Waals surface area (Å²) in [5, 5.41) is 3.14. The number of nitrogens with zero attached hydrogens (tertiary/aromatic N) is 1. The van der Waals surface area contributed by atoms with Crippen molar-refractivity contribution < 1.29 is 13.5 Å². The van der Waals surface area contributed by atoms with Gasteiger partial charge in [-0.15, -0.1) is 0 Å². The number of morpholine rings is 1. The predicted molar refractivity (Wildman–Crippen MR) is 70.0 cm³/mol. The minimum Gasteiger partial charge on any atom is -0.374 e. The summed E-state index contributed by atoms with van der Waals surface area (Å²) in [6.45, 7) is 4.62. The molecule has 106 valence electrons. The average Bonchev–Trinajstić information content (AvgIpc) is 2.37. The van der Waals surface area contributed by atoms with E-state index in [0.717, 1.165) is 6.54 Å². The van der Waals surface area contributed by atoms with Crippen LogP contribution in [-0.2, 0) is 4.74 Å². The van der Waals surface area contributed by atoms with Gasteiger partial charge in [0.15, 0.2) is 0 Å². The Bertz CT molecular complexity index is 408. The van der Waals surface area contributed by atoms with Crippen LogP contribution in [0, 0.1) is 11.6 Å². The van der Waals surface area contributed by atoms with Crippen LogP contribution in [0.15, 0.2) is 18.2 Å². The van der Waals surface area contributed by atoms with E-state index in [0.29, 0.717) is 19.7 Å². The molecule has 1 N–H and O–H groups in total. The van der Waals surface area contributed by atoms with Crippen LogP contribution in [0.5, 0.6) is 0 Å². The second kappa shape index (κ2) is 6.41. The molecule has 0 aliphatic carbocycles. The van der Waals surface area contributed by atoms with Crippen LogP contribution in [0.1, 0.15) is 18.5 Å². The lowest BCUT2D eigenvalue weighted by Gasteiger charge is -2.36. The van der Waals surface area contributed by atoms with E-state index in [-0.39, 0.29) is 11.7 Å². The van der Waals surface area contributed by atoms with E-state index < -0.39 is 17.7 Å². The molecule has 0 spiro atoms. The molecule has 0 saturated carbocycles. The van der Waals surface area contributed by atoms with Gasteiger partial charge in [0.25, 0.3) is 0 Å². The van der Waals surface area contributed by atoms with E-state index in [9.17, 15) is 8.78 Å². The van der Waals surface area contributed by atoms with Crippen LogP contribution in [0.25, 0.3) is 0 Å². The normalized spacial score (nSPS) is 22.4. The number of benzene rings is 1. The lowest BCUT2D eigenvalue weighted by atomic mass is 9.98. The summed E-state index contributed by atoms with van der Waals surface area (Å²) >= 11 is 0. The van der Waals surface area contributed by atoms with Gasteiger partial charge in [-0.1, -0.05) is 13.0 Å².